The molecule has 8 heteroatoms. The molecule has 5 heterocycles. The summed E-state index contributed by atoms with van der Waals surface area (Å²) in [6.07, 6.45) is 6.39. The number of rotatable bonds is 4. The molecule has 1 aromatic carbocycles. The number of nitrogens with zero attached hydrogens (tertiary/aromatic N) is 4. The second kappa shape index (κ2) is 7.94. The Morgan fingerprint density at radius 3 is 2.94 bits per heavy atom. The summed E-state index contributed by atoms with van der Waals surface area (Å²) in [5.74, 6) is 0.965. The highest BCUT2D eigenvalue weighted by Gasteiger charge is 2.28. The van der Waals surface area contributed by atoms with Crippen LogP contribution in [0.5, 0.6) is 5.75 Å². The van der Waals surface area contributed by atoms with Gasteiger partial charge in [0.1, 0.15) is 5.75 Å². The van der Waals surface area contributed by atoms with Crippen LogP contribution in [0.15, 0.2) is 29.8 Å². The second-order valence-electron chi connectivity index (χ2n) is 8.77. The van der Waals surface area contributed by atoms with Crippen LogP contribution in [-0.2, 0) is 19.5 Å². The predicted octanol–water partition coefficient (Wildman–Crippen LogP) is 4.07. The zero-order valence-electron chi connectivity index (χ0n) is 18.3. The number of carbonyl (C=O) groups excluding carboxylic acids is 1. The van der Waals surface area contributed by atoms with E-state index >= 15 is 0 Å². The second-order valence-corrected chi connectivity index (χ2v) is 9.64. The van der Waals surface area contributed by atoms with Crippen molar-refractivity contribution in [2.45, 2.75) is 38.8 Å². The van der Waals surface area contributed by atoms with Crippen LogP contribution in [0.4, 0.5) is 0 Å². The Labute approximate surface area is 190 Å². The number of nitrogens with one attached hydrogen (secondary N) is 1. The molecule has 1 N–H and O–H groups in total. The molecule has 1 fully saturated rings. The molecule has 0 spiro atoms. The molecule has 2 aliphatic heterocycles. The number of methoxy groups -OCH3 is 1. The van der Waals surface area contributed by atoms with Crippen molar-refractivity contribution < 1.29 is 9.53 Å². The van der Waals surface area contributed by atoms with E-state index in [0.717, 1.165) is 67.4 Å². The Bertz CT molecular complexity index is 1300. The van der Waals surface area contributed by atoms with Crippen LogP contribution < -0.4 is 4.74 Å². The van der Waals surface area contributed by atoms with Gasteiger partial charge < -0.3 is 14.6 Å². The average molecular weight is 450 g/mol. The molecule has 1 saturated heterocycles. The quantitative estimate of drug-likeness (QED) is 0.510. The number of thiazole rings is 1. The number of ether oxygens (including phenoxy) is 1. The predicted molar refractivity (Wildman–Crippen MR) is 125 cm³/mol. The van der Waals surface area contributed by atoms with E-state index in [4.69, 9.17) is 9.72 Å². The molecule has 0 unspecified atom stereocenters. The fourth-order valence-corrected chi connectivity index (χ4v) is 5.86. The van der Waals surface area contributed by atoms with E-state index in [1.807, 2.05) is 22.5 Å². The summed E-state index contributed by atoms with van der Waals surface area (Å²) in [4.78, 5) is 27.0. The first-order valence-electron chi connectivity index (χ1n) is 11.3. The van der Waals surface area contributed by atoms with Crippen LogP contribution >= 0.6 is 11.3 Å². The third-order valence-electron chi connectivity index (χ3n) is 6.84. The first kappa shape index (κ1) is 19.8. The molecule has 0 radical (unpaired) electrons. The van der Waals surface area contributed by atoms with E-state index in [1.165, 1.54) is 23.1 Å². The smallest absolute Gasteiger partial charge is 0.274 e. The molecular formula is C24H27N5O2S. The summed E-state index contributed by atoms with van der Waals surface area (Å²) in [6.45, 7) is 4.19. The topological polar surface area (TPSA) is 65.9 Å². The lowest BCUT2D eigenvalue weighted by molar-refractivity contribution is 0.0716. The van der Waals surface area contributed by atoms with Crippen LogP contribution in [0.1, 0.15) is 46.7 Å². The van der Waals surface area contributed by atoms with Crippen molar-refractivity contribution in [1.29, 1.82) is 0 Å². The fourth-order valence-electron chi connectivity index (χ4n) is 5.12. The minimum atomic E-state index is 0.0881. The van der Waals surface area contributed by atoms with Crippen molar-refractivity contribution >= 4 is 33.1 Å². The maximum absolute atomic E-state index is 13.3. The van der Waals surface area contributed by atoms with Crippen molar-refractivity contribution in [3.63, 3.8) is 0 Å². The molecule has 0 atom stereocenters. The number of aromatic nitrogens is 3. The van der Waals surface area contributed by atoms with Crippen LogP contribution in [0, 0.1) is 0 Å². The van der Waals surface area contributed by atoms with Gasteiger partial charge in [0.25, 0.3) is 5.91 Å². The Balaban J connectivity index is 1.32. The molecule has 0 aliphatic carbocycles. The molecule has 1 amide bonds. The van der Waals surface area contributed by atoms with E-state index in [-0.39, 0.29) is 5.91 Å². The minimum Gasteiger partial charge on any atom is -0.497 e. The summed E-state index contributed by atoms with van der Waals surface area (Å²) in [7, 11) is 1.71. The summed E-state index contributed by atoms with van der Waals surface area (Å²) in [5.41, 5.74) is 5.44. The molecule has 0 saturated carbocycles. The number of hydrogen-bond acceptors (Lipinski definition) is 5. The van der Waals surface area contributed by atoms with Gasteiger partial charge in [0, 0.05) is 67.3 Å². The van der Waals surface area contributed by atoms with Crippen molar-refractivity contribution in [3.05, 3.63) is 52.4 Å². The van der Waals surface area contributed by atoms with E-state index < -0.39 is 0 Å². The summed E-state index contributed by atoms with van der Waals surface area (Å²) in [5, 5.41) is 3.27. The first-order chi connectivity index (χ1) is 15.7. The highest BCUT2D eigenvalue weighted by molar-refractivity contribution is 7.15. The molecule has 3 aromatic heterocycles. The van der Waals surface area contributed by atoms with Gasteiger partial charge in [-0.05, 0) is 43.0 Å². The number of piperidine rings is 1. The van der Waals surface area contributed by atoms with Gasteiger partial charge in [0.05, 0.1) is 12.8 Å². The van der Waals surface area contributed by atoms with Crippen molar-refractivity contribution in [2.24, 2.45) is 0 Å². The number of carbonyl (C=O) groups is 1. The van der Waals surface area contributed by atoms with E-state index in [0.29, 0.717) is 12.2 Å². The van der Waals surface area contributed by atoms with Gasteiger partial charge in [-0.3, -0.25) is 14.1 Å². The van der Waals surface area contributed by atoms with Crippen LogP contribution in [-0.4, -0.2) is 56.8 Å². The van der Waals surface area contributed by atoms with Crippen LogP contribution in [0.2, 0.25) is 0 Å². The van der Waals surface area contributed by atoms with Gasteiger partial charge in [-0.15, -0.1) is 11.3 Å². The lowest BCUT2D eigenvalue weighted by atomic mass is 10.0. The number of fused-ring (bicyclic) bond motifs is 4. The standard InChI is InChI=1S/C24H27N5O2S/c1-31-16-5-6-19-17(13-16)18-14-27(10-7-20(18)25-19)15-21-22(26-24-29(21)11-12-32-24)23(30)28-8-3-2-4-9-28/h5-6,11-13,25H,2-4,7-10,14-15H2,1H3. The summed E-state index contributed by atoms with van der Waals surface area (Å²) >= 11 is 1.59. The van der Waals surface area contributed by atoms with Gasteiger partial charge in [-0.1, -0.05) is 0 Å². The zero-order valence-corrected chi connectivity index (χ0v) is 19.1. The van der Waals surface area contributed by atoms with Gasteiger partial charge in [0.2, 0.25) is 0 Å². The average Bonchev–Trinajstić information content (AvgIpc) is 3.53. The van der Waals surface area contributed by atoms with E-state index in [9.17, 15) is 4.79 Å². The Morgan fingerprint density at radius 1 is 1.22 bits per heavy atom. The zero-order chi connectivity index (χ0) is 21.7. The minimum absolute atomic E-state index is 0.0881. The molecular weight excluding hydrogens is 422 g/mol. The summed E-state index contributed by atoms with van der Waals surface area (Å²) in [6, 6.07) is 6.22. The van der Waals surface area contributed by atoms with E-state index in [1.54, 1.807) is 18.4 Å². The van der Waals surface area contributed by atoms with Gasteiger partial charge >= 0.3 is 0 Å². The molecule has 166 valence electrons. The SMILES string of the molecule is COc1ccc2[nH]c3c(c2c1)CN(Cc1c(C(=O)N2CCCCC2)nc2sccn12)CC3. The fraction of sp³-hybridized carbons (Fsp3) is 0.417. The number of likely N-dealkylation sites (tertiary alicyclic amines) is 1. The van der Waals surface area contributed by atoms with Crippen molar-refractivity contribution in [3.8, 4) is 5.75 Å². The van der Waals surface area contributed by atoms with Gasteiger partial charge in [-0.2, -0.15) is 0 Å². The number of H-pyrrole nitrogens is 1. The largest absolute Gasteiger partial charge is 0.497 e. The highest BCUT2D eigenvalue weighted by atomic mass is 32.1. The Hall–Kier alpha value is -2.84. The number of imidazole rings is 1. The molecule has 2 aliphatic rings. The number of aromatic amines is 1. The maximum atomic E-state index is 13.3. The number of benzene rings is 1. The van der Waals surface area contributed by atoms with Crippen LogP contribution in [0.25, 0.3) is 15.9 Å². The van der Waals surface area contributed by atoms with Gasteiger partial charge in [-0.25, -0.2) is 4.98 Å². The van der Waals surface area contributed by atoms with Crippen molar-refractivity contribution in [1.82, 2.24) is 24.2 Å². The molecule has 0 bridgehead atoms. The van der Waals surface area contributed by atoms with E-state index in [2.05, 4.69) is 26.4 Å². The third kappa shape index (κ3) is 3.29. The third-order valence-corrected chi connectivity index (χ3v) is 7.60. The summed E-state index contributed by atoms with van der Waals surface area (Å²) < 4.78 is 7.56. The Kier molecular flexibility index (Phi) is 4.91. The lowest BCUT2D eigenvalue weighted by Gasteiger charge is -2.28. The monoisotopic (exact) mass is 449 g/mol. The number of hydrogen-bond donors (Lipinski definition) is 1. The molecule has 7 nitrogen and oxygen atoms in total. The highest BCUT2D eigenvalue weighted by Crippen LogP contribution is 2.31. The van der Waals surface area contributed by atoms with Crippen molar-refractivity contribution in [2.75, 3.05) is 26.7 Å². The molecule has 6 rings (SSSR count). The molecule has 4 aromatic rings. The Morgan fingerprint density at radius 2 is 2.09 bits per heavy atom. The maximum Gasteiger partial charge on any atom is 0.274 e. The number of amides is 1. The normalized spacial score (nSPS) is 17.2. The molecule has 32 heavy (non-hydrogen) atoms. The first-order valence-corrected chi connectivity index (χ1v) is 12.2. The lowest BCUT2D eigenvalue weighted by Crippen LogP contribution is -2.37. The van der Waals surface area contributed by atoms with Crippen LogP contribution in [0.3, 0.4) is 0 Å². The van der Waals surface area contributed by atoms with Gasteiger partial charge in [0.15, 0.2) is 10.7 Å².